The lowest BCUT2D eigenvalue weighted by molar-refractivity contribution is -0.137. The largest absolute Gasteiger partial charge is 0.491 e. The molecule has 1 atom stereocenters. The summed E-state index contributed by atoms with van der Waals surface area (Å²) >= 11 is 0. The maximum absolute atomic E-state index is 11.6. The molecule has 8 heteroatoms. The van der Waals surface area contributed by atoms with Gasteiger partial charge in [-0.1, -0.05) is 12.1 Å². The highest BCUT2D eigenvalue weighted by Gasteiger charge is 2.21. The molecule has 3 N–H and O–H groups in total. The summed E-state index contributed by atoms with van der Waals surface area (Å²) in [6.07, 6.45) is -1.23. The summed E-state index contributed by atoms with van der Waals surface area (Å²) in [6, 6.07) is 6.90. The van der Waals surface area contributed by atoms with E-state index in [-0.39, 0.29) is 6.61 Å². The van der Waals surface area contributed by atoms with Gasteiger partial charge in [-0.3, -0.25) is 4.79 Å². The van der Waals surface area contributed by atoms with Crippen molar-refractivity contribution in [2.45, 2.75) is 12.6 Å². The van der Waals surface area contributed by atoms with E-state index in [1.165, 1.54) is 0 Å². The van der Waals surface area contributed by atoms with Crippen LogP contribution >= 0.6 is 0 Å². The lowest BCUT2D eigenvalue weighted by Crippen LogP contribution is -2.30. The summed E-state index contributed by atoms with van der Waals surface area (Å²) in [6.45, 7) is 0.219. The minimum atomic E-state index is -3.73. The first-order valence-corrected chi connectivity index (χ1v) is 8.05. The van der Waals surface area contributed by atoms with Crippen molar-refractivity contribution in [1.29, 1.82) is 0 Å². The number of rotatable bonds is 8. The number of nitrogens with two attached hydrogens (primary N) is 1. The van der Waals surface area contributed by atoms with Crippen LogP contribution < -0.4 is 10.5 Å². The van der Waals surface area contributed by atoms with E-state index in [4.69, 9.17) is 10.5 Å². The molecule has 1 aromatic carbocycles. The van der Waals surface area contributed by atoms with Gasteiger partial charge >= 0.3 is 5.97 Å². The Balaban J connectivity index is 2.46. The minimum absolute atomic E-state index is 0.192. The molecule has 1 unspecified atom stereocenters. The first-order chi connectivity index (χ1) is 9.86. The molecular weight excluding hydrogens is 298 g/mol. The Morgan fingerprint density at radius 3 is 2.48 bits per heavy atom. The van der Waals surface area contributed by atoms with Gasteiger partial charge in [0.05, 0.1) is 12.9 Å². The molecule has 0 amide bonds. The second kappa shape index (κ2) is 7.96. The summed E-state index contributed by atoms with van der Waals surface area (Å²) in [4.78, 5) is 10.9. The van der Waals surface area contributed by atoms with Crippen LogP contribution in [0.4, 0.5) is 0 Å². The van der Waals surface area contributed by atoms with Crippen molar-refractivity contribution in [1.82, 2.24) is 0 Å². The van der Waals surface area contributed by atoms with E-state index in [1.54, 1.807) is 24.3 Å². The molecule has 0 aliphatic heterocycles. The zero-order valence-electron chi connectivity index (χ0n) is 11.7. The van der Waals surface area contributed by atoms with Crippen molar-refractivity contribution in [2.24, 2.45) is 5.73 Å². The molecule has 0 bridgehead atoms. The summed E-state index contributed by atoms with van der Waals surface area (Å²) < 4.78 is 32.7. The molecule has 0 aromatic heterocycles. The standard InChI is InChI=1S/C13H19NO6S/c1-19-13(16)9-21(17,18)8-11(15)7-20-12-4-2-10(6-14)3-5-12/h2-5,11,15H,6-9,14H2,1H3. The minimum Gasteiger partial charge on any atom is -0.491 e. The van der Waals surface area contributed by atoms with Gasteiger partial charge in [0.1, 0.15) is 24.2 Å². The Labute approximate surface area is 123 Å². The van der Waals surface area contributed by atoms with Crippen LogP contribution in [0, 0.1) is 0 Å². The topological polar surface area (TPSA) is 116 Å². The molecule has 0 fully saturated rings. The zero-order valence-corrected chi connectivity index (χ0v) is 12.5. The Morgan fingerprint density at radius 1 is 1.33 bits per heavy atom. The van der Waals surface area contributed by atoms with Crippen molar-refractivity contribution in [3.8, 4) is 5.75 Å². The lowest BCUT2D eigenvalue weighted by atomic mass is 10.2. The molecule has 1 rings (SSSR count). The van der Waals surface area contributed by atoms with Crippen LogP contribution in [0.1, 0.15) is 5.56 Å². The second-order valence-corrected chi connectivity index (χ2v) is 6.55. The molecule has 1 aromatic rings. The van der Waals surface area contributed by atoms with Crippen LogP contribution in [0.5, 0.6) is 5.75 Å². The van der Waals surface area contributed by atoms with E-state index < -0.39 is 33.4 Å². The Bertz CT molecular complexity index is 555. The van der Waals surface area contributed by atoms with Gasteiger partial charge in [0.15, 0.2) is 9.84 Å². The van der Waals surface area contributed by atoms with Gasteiger partial charge < -0.3 is 20.3 Å². The monoisotopic (exact) mass is 317 g/mol. The number of ether oxygens (including phenoxy) is 2. The average Bonchev–Trinajstić information content (AvgIpc) is 2.44. The molecule has 0 aliphatic carbocycles. The number of benzene rings is 1. The van der Waals surface area contributed by atoms with E-state index in [1.807, 2.05) is 0 Å². The Morgan fingerprint density at radius 2 is 1.95 bits per heavy atom. The van der Waals surface area contributed by atoms with Crippen LogP contribution in [0.25, 0.3) is 0 Å². The number of carbonyl (C=O) groups excluding carboxylic acids is 1. The van der Waals surface area contributed by atoms with Crippen molar-refractivity contribution >= 4 is 15.8 Å². The number of aliphatic hydroxyl groups is 1. The van der Waals surface area contributed by atoms with Crippen LogP contribution in [0.3, 0.4) is 0 Å². The summed E-state index contributed by atoms with van der Waals surface area (Å²) in [5, 5.41) is 9.66. The van der Waals surface area contributed by atoms with E-state index >= 15 is 0 Å². The third kappa shape index (κ3) is 6.56. The number of methoxy groups -OCH3 is 1. The van der Waals surface area contributed by atoms with Crippen LogP contribution in [0.2, 0.25) is 0 Å². The Kier molecular flexibility index (Phi) is 6.60. The normalized spacial score (nSPS) is 12.7. The highest BCUT2D eigenvalue weighted by molar-refractivity contribution is 7.92. The van der Waals surface area contributed by atoms with Crippen LogP contribution in [-0.4, -0.2) is 50.8 Å². The van der Waals surface area contributed by atoms with E-state index in [0.717, 1.165) is 12.7 Å². The predicted octanol–water partition coefficient (Wildman–Crippen LogP) is -0.527. The number of carbonyl (C=O) groups is 1. The smallest absolute Gasteiger partial charge is 0.320 e. The maximum Gasteiger partial charge on any atom is 0.320 e. The first-order valence-electron chi connectivity index (χ1n) is 6.23. The summed E-state index contributed by atoms with van der Waals surface area (Å²) in [7, 11) is -2.63. The fourth-order valence-corrected chi connectivity index (χ4v) is 2.83. The van der Waals surface area contributed by atoms with Crippen LogP contribution in [-0.2, 0) is 25.9 Å². The van der Waals surface area contributed by atoms with E-state index in [0.29, 0.717) is 12.3 Å². The molecule has 118 valence electrons. The molecule has 0 aliphatic rings. The van der Waals surface area contributed by atoms with Gasteiger partial charge in [-0.25, -0.2) is 8.42 Å². The van der Waals surface area contributed by atoms with Crippen molar-refractivity contribution in [3.63, 3.8) is 0 Å². The second-order valence-electron chi connectivity index (χ2n) is 4.44. The number of esters is 1. The number of hydrogen-bond donors (Lipinski definition) is 2. The first kappa shape index (κ1) is 17.4. The fraction of sp³-hybridized carbons (Fsp3) is 0.462. The van der Waals surface area contributed by atoms with Crippen molar-refractivity contribution < 1.29 is 27.8 Å². The molecule has 0 radical (unpaired) electrons. The average molecular weight is 317 g/mol. The third-order valence-corrected chi connectivity index (χ3v) is 4.18. The SMILES string of the molecule is COC(=O)CS(=O)(=O)CC(O)COc1ccc(CN)cc1. The summed E-state index contributed by atoms with van der Waals surface area (Å²) in [5.74, 6) is -1.69. The predicted molar refractivity (Wildman–Crippen MR) is 76.5 cm³/mol. The lowest BCUT2D eigenvalue weighted by Gasteiger charge is -2.12. The highest BCUT2D eigenvalue weighted by atomic mass is 32.2. The third-order valence-electron chi connectivity index (χ3n) is 2.61. The quantitative estimate of drug-likeness (QED) is 0.619. The van der Waals surface area contributed by atoms with Gasteiger partial charge in [0, 0.05) is 6.54 Å². The molecule has 7 nitrogen and oxygen atoms in total. The van der Waals surface area contributed by atoms with Gasteiger partial charge in [0.25, 0.3) is 0 Å². The zero-order chi connectivity index (χ0) is 15.9. The van der Waals surface area contributed by atoms with Gasteiger partial charge in [-0.15, -0.1) is 0 Å². The number of aliphatic hydroxyl groups excluding tert-OH is 1. The van der Waals surface area contributed by atoms with Crippen molar-refractivity contribution in [3.05, 3.63) is 29.8 Å². The summed E-state index contributed by atoms with van der Waals surface area (Å²) in [5.41, 5.74) is 6.39. The van der Waals surface area contributed by atoms with E-state index in [2.05, 4.69) is 4.74 Å². The molecule has 0 saturated carbocycles. The fourth-order valence-electron chi connectivity index (χ4n) is 1.55. The molecule has 0 spiro atoms. The van der Waals surface area contributed by atoms with Gasteiger partial charge in [-0.05, 0) is 17.7 Å². The van der Waals surface area contributed by atoms with Crippen LogP contribution in [0.15, 0.2) is 24.3 Å². The molecule has 21 heavy (non-hydrogen) atoms. The number of hydrogen-bond acceptors (Lipinski definition) is 7. The van der Waals surface area contributed by atoms with Gasteiger partial charge in [-0.2, -0.15) is 0 Å². The van der Waals surface area contributed by atoms with Crippen molar-refractivity contribution in [2.75, 3.05) is 25.2 Å². The molecule has 0 heterocycles. The van der Waals surface area contributed by atoms with E-state index in [9.17, 15) is 18.3 Å². The molecule has 0 saturated heterocycles. The highest BCUT2D eigenvalue weighted by Crippen LogP contribution is 2.12. The van der Waals surface area contributed by atoms with Gasteiger partial charge in [0.2, 0.25) is 0 Å². The number of sulfone groups is 1. The Hall–Kier alpha value is -1.64. The molecular formula is C13H19NO6S. The maximum atomic E-state index is 11.6.